The lowest BCUT2D eigenvalue weighted by atomic mass is 10.2. The Morgan fingerprint density at radius 2 is 2.28 bits per heavy atom. The fourth-order valence-electron chi connectivity index (χ4n) is 1.64. The average molecular weight is 247 g/mol. The van der Waals surface area contributed by atoms with Gasteiger partial charge in [-0.25, -0.2) is 4.98 Å². The summed E-state index contributed by atoms with van der Waals surface area (Å²) in [7, 11) is 1.82. The van der Waals surface area contributed by atoms with Gasteiger partial charge in [-0.05, 0) is 19.1 Å². The molecular formula is C11H13N5O2. The Morgan fingerprint density at radius 3 is 2.89 bits per heavy atom. The molecule has 0 bridgehead atoms. The quantitative estimate of drug-likeness (QED) is 0.655. The minimum absolute atomic E-state index is 0.00781. The zero-order chi connectivity index (χ0) is 13.1. The molecule has 2 aromatic heterocycles. The van der Waals surface area contributed by atoms with E-state index in [1.807, 2.05) is 19.3 Å². The van der Waals surface area contributed by atoms with Gasteiger partial charge in [0, 0.05) is 25.0 Å². The van der Waals surface area contributed by atoms with Crippen molar-refractivity contribution in [2.24, 2.45) is 7.05 Å². The maximum atomic E-state index is 11.0. The maximum Gasteiger partial charge on any atom is 0.314 e. The van der Waals surface area contributed by atoms with Crippen LogP contribution in [0, 0.1) is 17.0 Å². The second-order valence-electron chi connectivity index (χ2n) is 3.92. The molecule has 7 heteroatoms. The van der Waals surface area contributed by atoms with E-state index in [1.54, 1.807) is 23.9 Å². The second-order valence-corrected chi connectivity index (χ2v) is 3.92. The van der Waals surface area contributed by atoms with Gasteiger partial charge in [0.05, 0.1) is 17.2 Å². The van der Waals surface area contributed by atoms with Crippen LogP contribution in [0.1, 0.15) is 11.3 Å². The SMILES string of the molecule is Cc1ccnc(NCc2ccn(C)n2)c1[N+](=O)[O-]. The van der Waals surface area contributed by atoms with Gasteiger partial charge < -0.3 is 5.32 Å². The molecule has 18 heavy (non-hydrogen) atoms. The highest BCUT2D eigenvalue weighted by atomic mass is 16.6. The first-order chi connectivity index (χ1) is 8.58. The number of nitro groups is 1. The summed E-state index contributed by atoms with van der Waals surface area (Å²) in [6, 6.07) is 3.46. The van der Waals surface area contributed by atoms with Crippen molar-refractivity contribution in [1.82, 2.24) is 14.8 Å². The first-order valence-corrected chi connectivity index (χ1v) is 5.40. The highest BCUT2D eigenvalue weighted by Gasteiger charge is 2.18. The number of hydrogen-bond donors (Lipinski definition) is 1. The molecule has 0 fully saturated rings. The van der Waals surface area contributed by atoms with E-state index >= 15 is 0 Å². The van der Waals surface area contributed by atoms with E-state index in [4.69, 9.17) is 0 Å². The van der Waals surface area contributed by atoms with Crippen molar-refractivity contribution in [3.8, 4) is 0 Å². The normalized spacial score (nSPS) is 10.3. The van der Waals surface area contributed by atoms with E-state index in [9.17, 15) is 10.1 Å². The monoisotopic (exact) mass is 247 g/mol. The molecule has 0 aliphatic heterocycles. The summed E-state index contributed by atoms with van der Waals surface area (Å²) in [5.74, 6) is 0.269. The van der Waals surface area contributed by atoms with E-state index in [2.05, 4.69) is 15.4 Å². The van der Waals surface area contributed by atoms with Crippen LogP contribution in [0.3, 0.4) is 0 Å². The van der Waals surface area contributed by atoms with Gasteiger partial charge >= 0.3 is 5.69 Å². The fourth-order valence-corrected chi connectivity index (χ4v) is 1.64. The van der Waals surface area contributed by atoms with Crippen LogP contribution >= 0.6 is 0 Å². The van der Waals surface area contributed by atoms with E-state index < -0.39 is 4.92 Å². The minimum Gasteiger partial charge on any atom is -0.359 e. The number of aryl methyl sites for hydroxylation is 2. The molecule has 94 valence electrons. The number of nitrogens with one attached hydrogen (secondary N) is 1. The molecule has 0 aliphatic carbocycles. The Labute approximate surface area is 104 Å². The lowest BCUT2D eigenvalue weighted by molar-refractivity contribution is -0.384. The molecule has 0 aliphatic rings. The van der Waals surface area contributed by atoms with Gasteiger partial charge in [-0.15, -0.1) is 0 Å². The van der Waals surface area contributed by atoms with Crippen LogP contribution in [0.4, 0.5) is 11.5 Å². The number of rotatable bonds is 4. The van der Waals surface area contributed by atoms with Crippen LogP contribution in [-0.4, -0.2) is 19.7 Å². The van der Waals surface area contributed by atoms with E-state index in [0.717, 1.165) is 5.69 Å². The third-order valence-electron chi connectivity index (χ3n) is 2.51. The molecule has 2 rings (SSSR count). The molecule has 0 radical (unpaired) electrons. The lowest BCUT2D eigenvalue weighted by Gasteiger charge is -2.05. The van der Waals surface area contributed by atoms with E-state index in [-0.39, 0.29) is 11.5 Å². The van der Waals surface area contributed by atoms with Crippen LogP contribution in [-0.2, 0) is 13.6 Å². The van der Waals surface area contributed by atoms with Gasteiger partial charge in [-0.2, -0.15) is 5.10 Å². The van der Waals surface area contributed by atoms with E-state index in [0.29, 0.717) is 12.1 Å². The van der Waals surface area contributed by atoms with Crippen molar-refractivity contribution in [3.63, 3.8) is 0 Å². The third kappa shape index (κ3) is 2.45. The Morgan fingerprint density at radius 1 is 1.50 bits per heavy atom. The van der Waals surface area contributed by atoms with Crippen molar-refractivity contribution >= 4 is 11.5 Å². The van der Waals surface area contributed by atoms with Crippen molar-refractivity contribution in [1.29, 1.82) is 0 Å². The van der Waals surface area contributed by atoms with Crippen LogP contribution in [0.5, 0.6) is 0 Å². The number of nitrogens with zero attached hydrogens (tertiary/aromatic N) is 4. The Bertz CT molecular complexity index is 579. The molecule has 0 amide bonds. The summed E-state index contributed by atoms with van der Waals surface area (Å²) in [6.07, 6.45) is 3.36. The number of hydrogen-bond acceptors (Lipinski definition) is 5. The minimum atomic E-state index is -0.427. The first kappa shape index (κ1) is 12.0. The zero-order valence-corrected chi connectivity index (χ0v) is 10.1. The topological polar surface area (TPSA) is 85.9 Å². The molecule has 1 N–H and O–H groups in total. The first-order valence-electron chi connectivity index (χ1n) is 5.40. The van der Waals surface area contributed by atoms with Gasteiger partial charge in [-0.3, -0.25) is 14.8 Å². The molecule has 0 spiro atoms. The predicted molar refractivity (Wildman–Crippen MR) is 66.2 cm³/mol. The van der Waals surface area contributed by atoms with Crippen molar-refractivity contribution < 1.29 is 4.92 Å². The summed E-state index contributed by atoms with van der Waals surface area (Å²) >= 11 is 0. The number of aromatic nitrogens is 3. The fraction of sp³-hybridized carbons (Fsp3) is 0.273. The molecule has 0 aromatic carbocycles. The van der Waals surface area contributed by atoms with Gasteiger partial charge in [0.15, 0.2) is 0 Å². The molecule has 0 atom stereocenters. The Hall–Kier alpha value is -2.44. The predicted octanol–water partition coefficient (Wildman–Crippen LogP) is 1.64. The highest BCUT2D eigenvalue weighted by Crippen LogP contribution is 2.25. The molecule has 2 aromatic rings. The van der Waals surface area contributed by atoms with Gasteiger partial charge in [0.2, 0.25) is 5.82 Å². The van der Waals surface area contributed by atoms with Crippen LogP contribution < -0.4 is 5.32 Å². The highest BCUT2D eigenvalue weighted by molar-refractivity contribution is 5.59. The standard InChI is InChI=1S/C11H13N5O2/c1-8-3-5-12-11(10(8)16(17)18)13-7-9-4-6-15(2)14-9/h3-6H,7H2,1-2H3,(H,12,13). The van der Waals surface area contributed by atoms with Crippen LogP contribution in [0.15, 0.2) is 24.5 Å². The van der Waals surface area contributed by atoms with Crippen LogP contribution in [0.2, 0.25) is 0 Å². The van der Waals surface area contributed by atoms with Gasteiger partial charge in [0.1, 0.15) is 0 Å². The summed E-state index contributed by atoms with van der Waals surface area (Å²) in [5, 5.41) is 18.1. The van der Waals surface area contributed by atoms with Crippen molar-refractivity contribution in [3.05, 3.63) is 45.9 Å². The van der Waals surface area contributed by atoms with E-state index in [1.165, 1.54) is 0 Å². The summed E-state index contributed by atoms with van der Waals surface area (Å²) in [6.45, 7) is 2.09. The molecule has 0 saturated heterocycles. The third-order valence-corrected chi connectivity index (χ3v) is 2.51. The molecule has 2 heterocycles. The Kier molecular flexibility index (Phi) is 3.22. The van der Waals surface area contributed by atoms with Gasteiger partial charge in [0.25, 0.3) is 0 Å². The average Bonchev–Trinajstić information content (AvgIpc) is 2.72. The molecule has 7 nitrogen and oxygen atoms in total. The van der Waals surface area contributed by atoms with Crippen molar-refractivity contribution in [2.75, 3.05) is 5.32 Å². The van der Waals surface area contributed by atoms with Crippen molar-refractivity contribution in [2.45, 2.75) is 13.5 Å². The number of anilines is 1. The summed E-state index contributed by atoms with van der Waals surface area (Å²) in [4.78, 5) is 14.5. The molecule has 0 unspecified atom stereocenters. The molecule has 0 saturated carbocycles. The van der Waals surface area contributed by atoms with Crippen LogP contribution in [0.25, 0.3) is 0 Å². The smallest absolute Gasteiger partial charge is 0.314 e. The maximum absolute atomic E-state index is 11.0. The second kappa shape index (κ2) is 4.82. The largest absolute Gasteiger partial charge is 0.359 e. The summed E-state index contributed by atoms with van der Waals surface area (Å²) < 4.78 is 1.68. The van der Waals surface area contributed by atoms with Gasteiger partial charge in [-0.1, -0.05) is 0 Å². The molecular weight excluding hydrogens is 234 g/mol. The zero-order valence-electron chi connectivity index (χ0n) is 10.1. The number of pyridine rings is 1. The summed E-state index contributed by atoms with van der Waals surface area (Å²) in [5.41, 5.74) is 1.39. The lowest BCUT2D eigenvalue weighted by Crippen LogP contribution is -2.06. The Balaban J connectivity index is 2.19.